The molecule has 0 radical (unpaired) electrons. The van der Waals surface area contributed by atoms with Gasteiger partial charge in [-0.15, -0.1) is 0 Å². The van der Waals surface area contributed by atoms with E-state index in [1.54, 1.807) is 24.5 Å². The highest BCUT2D eigenvalue weighted by atomic mass is 32.2. The Labute approximate surface area is 121 Å². The van der Waals surface area contributed by atoms with Gasteiger partial charge in [-0.1, -0.05) is 24.0 Å². The van der Waals surface area contributed by atoms with Gasteiger partial charge in [0.15, 0.2) is 0 Å². The normalized spacial score (nSPS) is 15.1. The molecule has 0 bridgehead atoms. The molecule has 1 aliphatic rings. The number of morpholine rings is 1. The highest BCUT2D eigenvalue weighted by molar-refractivity contribution is 8.22. The molecule has 5 nitrogen and oxygen atoms in total. The van der Waals surface area contributed by atoms with Gasteiger partial charge in [0, 0.05) is 25.5 Å². The van der Waals surface area contributed by atoms with Crippen LogP contribution in [0.1, 0.15) is 10.4 Å². The lowest BCUT2D eigenvalue weighted by Gasteiger charge is -2.28. The average Bonchev–Trinajstić information content (AvgIpc) is 2.49. The molecule has 0 aromatic carbocycles. The predicted octanol–water partition coefficient (Wildman–Crippen LogP) is 1.12. The van der Waals surface area contributed by atoms with Gasteiger partial charge in [0.1, 0.15) is 4.32 Å². The lowest BCUT2D eigenvalue weighted by molar-refractivity contribution is 0.0702. The van der Waals surface area contributed by atoms with Crippen LogP contribution in [-0.4, -0.2) is 52.3 Å². The number of nitrogens with one attached hydrogen (secondary N) is 1. The van der Waals surface area contributed by atoms with Gasteiger partial charge < -0.3 is 15.0 Å². The molecule has 1 aromatic heterocycles. The number of hydrogen-bond donors (Lipinski definition) is 1. The summed E-state index contributed by atoms with van der Waals surface area (Å²) in [5.74, 6) is 0.328. The van der Waals surface area contributed by atoms with E-state index in [0.29, 0.717) is 24.7 Å². The first-order chi connectivity index (χ1) is 9.27. The topological polar surface area (TPSA) is 54.5 Å². The van der Waals surface area contributed by atoms with Gasteiger partial charge in [0.25, 0.3) is 5.91 Å². The summed E-state index contributed by atoms with van der Waals surface area (Å²) in [6, 6.07) is 3.47. The summed E-state index contributed by atoms with van der Waals surface area (Å²) in [7, 11) is 0. The van der Waals surface area contributed by atoms with Crippen LogP contribution < -0.4 is 5.32 Å². The van der Waals surface area contributed by atoms with Gasteiger partial charge in [-0.05, 0) is 12.1 Å². The third-order valence-corrected chi connectivity index (χ3v) is 4.03. The number of aromatic nitrogens is 1. The molecule has 0 unspecified atom stereocenters. The molecule has 1 aromatic rings. The van der Waals surface area contributed by atoms with Crippen molar-refractivity contribution in [1.29, 1.82) is 0 Å². The summed E-state index contributed by atoms with van der Waals surface area (Å²) in [5, 5.41) is 2.81. The number of ether oxygens (including phenoxy) is 1. The van der Waals surface area contributed by atoms with Crippen molar-refractivity contribution < 1.29 is 9.53 Å². The zero-order valence-corrected chi connectivity index (χ0v) is 12.0. The highest BCUT2D eigenvalue weighted by Gasteiger charge is 2.14. The second kappa shape index (κ2) is 7.42. The summed E-state index contributed by atoms with van der Waals surface area (Å²) in [5.41, 5.74) is 0.556. The molecule has 2 rings (SSSR count). The van der Waals surface area contributed by atoms with Gasteiger partial charge in [0.05, 0.1) is 24.7 Å². The van der Waals surface area contributed by atoms with Crippen molar-refractivity contribution in [3.05, 3.63) is 30.1 Å². The second-order valence-electron chi connectivity index (χ2n) is 3.90. The molecule has 7 heteroatoms. The largest absolute Gasteiger partial charge is 0.378 e. The van der Waals surface area contributed by atoms with Gasteiger partial charge in [0.2, 0.25) is 0 Å². The Bertz CT molecular complexity index is 436. The van der Waals surface area contributed by atoms with Gasteiger partial charge >= 0.3 is 0 Å². The first kappa shape index (κ1) is 14.2. The van der Waals surface area contributed by atoms with Crippen molar-refractivity contribution in [1.82, 2.24) is 15.2 Å². The van der Waals surface area contributed by atoms with Crippen LogP contribution >= 0.6 is 24.0 Å². The average molecular weight is 297 g/mol. The SMILES string of the molecule is O=C(NCSC(=S)N1CCOCC1)c1cccnc1. The van der Waals surface area contributed by atoms with Crippen LogP contribution in [0, 0.1) is 0 Å². The third kappa shape index (κ3) is 4.45. The van der Waals surface area contributed by atoms with Crippen LogP contribution in [0.3, 0.4) is 0 Å². The number of rotatable bonds is 3. The van der Waals surface area contributed by atoms with Gasteiger partial charge in [-0.25, -0.2) is 0 Å². The van der Waals surface area contributed by atoms with Gasteiger partial charge in [-0.3, -0.25) is 9.78 Å². The summed E-state index contributed by atoms with van der Waals surface area (Å²) >= 11 is 6.77. The molecule has 0 saturated carbocycles. The van der Waals surface area contributed by atoms with Crippen LogP contribution in [0.25, 0.3) is 0 Å². The van der Waals surface area contributed by atoms with Crippen molar-refractivity contribution in [2.24, 2.45) is 0 Å². The summed E-state index contributed by atoms with van der Waals surface area (Å²) < 4.78 is 6.06. The van der Waals surface area contributed by atoms with Crippen LogP contribution in [0.5, 0.6) is 0 Å². The number of pyridine rings is 1. The Balaban J connectivity index is 1.71. The van der Waals surface area contributed by atoms with Crippen LogP contribution in [0.4, 0.5) is 0 Å². The van der Waals surface area contributed by atoms with E-state index in [0.717, 1.165) is 17.4 Å². The monoisotopic (exact) mass is 297 g/mol. The summed E-state index contributed by atoms with van der Waals surface area (Å²) in [6.45, 7) is 3.07. The lowest BCUT2D eigenvalue weighted by atomic mass is 10.3. The molecular formula is C12H15N3O2S2. The van der Waals surface area contributed by atoms with Crippen LogP contribution in [0.15, 0.2) is 24.5 Å². The minimum Gasteiger partial charge on any atom is -0.378 e. The fraction of sp³-hybridized carbons (Fsp3) is 0.417. The smallest absolute Gasteiger partial charge is 0.253 e. The maximum Gasteiger partial charge on any atom is 0.253 e. The number of hydrogen-bond acceptors (Lipinski definition) is 5. The van der Waals surface area contributed by atoms with Crippen molar-refractivity contribution in [2.75, 3.05) is 32.2 Å². The predicted molar refractivity (Wildman–Crippen MR) is 79.2 cm³/mol. The van der Waals surface area contributed by atoms with E-state index in [2.05, 4.69) is 15.2 Å². The molecule has 19 heavy (non-hydrogen) atoms. The standard InChI is InChI=1S/C12H15N3O2S2/c16-11(10-2-1-3-13-8-10)14-9-19-12(18)15-4-6-17-7-5-15/h1-3,8H,4-7,9H2,(H,14,16). The minimum atomic E-state index is -0.134. The Kier molecular flexibility index (Phi) is 5.56. The van der Waals surface area contributed by atoms with Crippen molar-refractivity contribution in [2.45, 2.75) is 0 Å². The Morgan fingerprint density at radius 1 is 1.53 bits per heavy atom. The Morgan fingerprint density at radius 3 is 3.00 bits per heavy atom. The molecule has 0 atom stereocenters. The first-order valence-corrected chi connectivity index (χ1v) is 7.34. The number of thioether (sulfide) groups is 1. The number of nitrogens with zero attached hydrogens (tertiary/aromatic N) is 2. The maximum atomic E-state index is 11.8. The molecule has 1 amide bonds. The first-order valence-electron chi connectivity index (χ1n) is 5.95. The number of amides is 1. The van der Waals surface area contributed by atoms with Gasteiger partial charge in [-0.2, -0.15) is 0 Å². The number of carbonyl (C=O) groups excluding carboxylic acids is 1. The van der Waals surface area contributed by atoms with E-state index in [4.69, 9.17) is 17.0 Å². The van der Waals surface area contributed by atoms with Crippen molar-refractivity contribution in [3.8, 4) is 0 Å². The molecular weight excluding hydrogens is 282 g/mol. The zero-order valence-electron chi connectivity index (χ0n) is 10.4. The molecule has 1 saturated heterocycles. The van der Waals surface area contributed by atoms with Crippen molar-refractivity contribution in [3.63, 3.8) is 0 Å². The van der Waals surface area contributed by atoms with Crippen LogP contribution in [-0.2, 0) is 4.74 Å². The second-order valence-corrected chi connectivity index (χ2v) is 5.51. The lowest BCUT2D eigenvalue weighted by Crippen LogP contribution is -2.39. The molecule has 1 fully saturated rings. The highest BCUT2D eigenvalue weighted by Crippen LogP contribution is 2.10. The quantitative estimate of drug-likeness (QED) is 0.666. The van der Waals surface area contributed by atoms with E-state index in [9.17, 15) is 4.79 Å². The Hall–Kier alpha value is -1.18. The molecule has 2 heterocycles. The Morgan fingerprint density at radius 2 is 2.32 bits per heavy atom. The van der Waals surface area contributed by atoms with Crippen molar-refractivity contribution >= 4 is 34.2 Å². The molecule has 102 valence electrons. The van der Waals surface area contributed by atoms with E-state index >= 15 is 0 Å². The third-order valence-electron chi connectivity index (χ3n) is 2.62. The van der Waals surface area contributed by atoms with Crippen LogP contribution in [0.2, 0.25) is 0 Å². The van der Waals surface area contributed by atoms with E-state index < -0.39 is 0 Å². The number of carbonyl (C=O) groups is 1. The van der Waals surface area contributed by atoms with E-state index in [-0.39, 0.29) is 5.91 Å². The fourth-order valence-electron chi connectivity index (χ4n) is 1.60. The molecule has 0 aliphatic carbocycles. The molecule has 1 N–H and O–H groups in total. The maximum absolute atomic E-state index is 11.8. The minimum absolute atomic E-state index is 0.134. The molecule has 0 spiro atoms. The van der Waals surface area contributed by atoms with E-state index in [1.807, 2.05) is 0 Å². The molecule has 1 aliphatic heterocycles. The zero-order chi connectivity index (χ0) is 13.5. The van der Waals surface area contributed by atoms with E-state index in [1.165, 1.54) is 11.8 Å². The summed E-state index contributed by atoms with van der Waals surface area (Å²) in [4.78, 5) is 17.8. The summed E-state index contributed by atoms with van der Waals surface area (Å²) in [6.07, 6.45) is 3.18. The number of thiocarbonyl (C=S) groups is 1. The fourth-order valence-corrected chi connectivity index (χ4v) is 2.65.